The number of methoxy groups -OCH3 is 1. The number of hydrogen-bond donors (Lipinski definition) is 2. The number of furan rings is 1. The quantitative estimate of drug-likeness (QED) is 0.465. The lowest BCUT2D eigenvalue weighted by molar-refractivity contribution is 0.417. The predicted molar refractivity (Wildman–Crippen MR) is 110 cm³/mol. The molecule has 1 aromatic carbocycles. The number of H-pyrrole nitrogens is 1. The van der Waals surface area contributed by atoms with Crippen LogP contribution in [0.2, 0.25) is 0 Å². The zero-order valence-electron chi connectivity index (χ0n) is 15.6. The van der Waals surface area contributed by atoms with Gasteiger partial charge in [-0.25, -0.2) is 9.97 Å². The summed E-state index contributed by atoms with van der Waals surface area (Å²) in [6.07, 6.45) is 8.47. The largest absolute Gasteiger partial charge is 0.495 e. The third-order valence-corrected chi connectivity index (χ3v) is 4.42. The van der Waals surface area contributed by atoms with Crippen LogP contribution in [-0.2, 0) is 0 Å². The summed E-state index contributed by atoms with van der Waals surface area (Å²) >= 11 is 0. The molecular formula is C21H19N5O2. The van der Waals surface area contributed by atoms with E-state index < -0.39 is 0 Å². The van der Waals surface area contributed by atoms with Gasteiger partial charge >= 0.3 is 0 Å². The third kappa shape index (κ3) is 3.14. The number of hydrogen-bond acceptors (Lipinski definition) is 6. The maximum atomic E-state index is 5.52. The molecule has 3 aromatic heterocycles. The van der Waals surface area contributed by atoms with Crippen molar-refractivity contribution >= 4 is 28.1 Å². The summed E-state index contributed by atoms with van der Waals surface area (Å²) < 4.78 is 10.7. The average Bonchev–Trinajstić information content (AvgIpc) is 3.39. The molecule has 7 heteroatoms. The number of anilines is 2. The molecular weight excluding hydrogens is 354 g/mol. The normalized spacial score (nSPS) is 11.6. The van der Waals surface area contributed by atoms with Gasteiger partial charge in [-0.3, -0.25) is 5.10 Å². The van der Waals surface area contributed by atoms with Crippen molar-refractivity contribution in [1.82, 2.24) is 20.2 Å². The highest BCUT2D eigenvalue weighted by atomic mass is 16.5. The van der Waals surface area contributed by atoms with Crippen LogP contribution < -0.4 is 10.1 Å². The summed E-state index contributed by atoms with van der Waals surface area (Å²) in [5.41, 5.74) is 5.15. The zero-order valence-corrected chi connectivity index (χ0v) is 15.6. The number of aromatic amines is 1. The molecule has 7 nitrogen and oxygen atoms in total. The molecule has 0 saturated carbocycles. The number of fused-ring (bicyclic) bond motifs is 1. The molecule has 0 fully saturated rings. The van der Waals surface area contributed by atoms with Crippen LogP contribution in [0.5, 0.6) is 5.75 Å². The molecule has 0 spiro atoms. The monoisotopic (exact) mass is 373 g/mol. The number of nitrogens with zero attached hydrogens (tertiary/aromatic N) is 3. The van der Waals surface area contributed by atoms with E-state index in [2.05, 4.69) is 32.1 Å². The Morgan fingerprint density at radius 2 is 2.14 bits per heavy atom. The Morgan fingerprint density at radius 1 is 1.25 bits per heavy atom. The number of benzene rings is 1. The summed E-state index contributed by atoms with van der Waals surface area (Å²) in [5, 5.41) is 11.5. The second-order valence-corrected chi connectivity index (χ2v) is 6.16. The first kappa shape index (κ1) is 17.5. The highest BCUT2D eigenvalue weighted by Gasteiger charge is 2.16. The lowest BCUT2D eigenvalue weighted by Gasteiger charge is -2.13. The zero-order chi connectivity index (χ0) is 19.5. The molecule has 0 unspecified atom stereocenters. The van der Waals surface area contributed by atoms with Crippen molar-refractivity contribution in [2.24, 2.45) is 0 Å². The molecule has 0 bridgehead atoms. The number of aromatic nitrogens is 4. The van der Waals surface area contributed by atoms with Gasteiger partial charge < -0.3 is 14.5 Å². The fourth-order valence-electron chi connectivity index (χ4n) is 3.04. The fraction of sp³-hybridized carbons (Fsp3) is 0.0952. The van der Waals surface area contributed by atoms with E-state index in [9.17, 15) is 0 Å². The molecule has 0 saturated heterocycles. The molecule has 0 atom stereocenters. The van der Waals surface area contributed by atoms with Crippen molar-refractivity contribution in [3.8, 4) is 16.9 Å². The van der Waals surface area contributed by atoms with Gasteiger partial charge in [0.15, 0.2) is 5.65 Å². The summed E-state index contributed by atoms with van der Waals surface area (Å²) in [6, 6.07) is 7.78. The van der Waals surface area contributed by atoms with E-state index in [4.69, 9.17) is 9.15 Å². The Kier molecular flexibility index (Phi) is 4.63. The summed E-state index contributed by atoms with van der Waals surface area (Å²) in [4.78, 5) is 8.69. The minimum absolute atomic E-state index is 0.578. The Labute approximate surface area is 161 Å². The van der Waals surface area contributed by atoms with Gasteiger partial charge in [0.2, 0.25) is 0 Å². The molecule has 0 amide bonds. The van der Waals surface area contributed by atoms with E-state index in [1.54, 1.807) is 25.7 Å². The van der Waals surface area contributed by atoms with Crippen LogP contribution >= 0.6 is 0 Å². The molecule has 0 radical (unpaired) electrons. The lowest BCUT2D eigenvalue weighted by Crippen LogP contribution is -1.99. The van der Waals surface area contributed by atoms with E-state index in [0.717, 1.165) is 33.5 Å². The first-order valence-corrected chi connectivity index (χ1v) is 8.67. The first-order valence-electron chi connectivity index (χ1n) is 8.67. The van der Waals surface area contributed by atoms with E-state index in [-0.39, 0.29) is 0 Å². The molecule has 140 valence electrons. The fourth-order valence-corrected chi connectivity index (χ4v) is 3.04. The van der Waals surface area contributed by atoms with Gasteiger partial charge in [0.25, 0.3) is 0 Å². The number of rotatable bonds is 6. The maximum Gasteiger partial charge on any atom is 0.186 e. The van der Waals surface area contributed by atoms with Crippen LogP contribution in [0.15, 0.2) is 66.3 Å². The van der Waals surface area contributed by atoms with Crippen molar-refractivity contribution in [2.75, 3.05) is 12.4 Å². The van der Waals surface area contributed by atoms with Crippen LogP contribution in [0.25, 0.3) is 27.7 Å². The molecule has 3 heterocycles. The minimum atomic E-state index is 0.578. The van der Waals surface area contributed by atoms with Gasteiger partial charge in [-0.1, -0.05) is 24.8 Å². The van der Waals surface area contributed by atoms with Crippen molar-refractivity contribution in [2.45, 2.75) is 6.92 Å². The second kappa shape index (κ2) is 7.40. The predicted octanol–water partition coefficient (Wildman–Crippen LogP) is 4.95. The minimum Gasteiger partial charge on any atom is -0.495 e. The lowest BCUT2D eigenvalue weighted by atomic mass is 10.1. The summed E-state index contributed by atoms with van der Waals surface area (Å²) in [6.45, 7) is 5.73. The average molecular weight is 373 g/mol. The van der Waals surface area contributed by atoms with Crippen LogP contribution in [0.4, 0.5) is 11.5 Å². The van der Waals surface area contributed by atoms with Gasteiger partial charge in [-0.05, 0) is 36.3 Å². The molecule has 28 heavy (non-hydrogen) atoms. The molecule has 4 aromatic rings. The van der Waals surface area contributed by atoms with E-state index >= 15 is 0 Å². The van der Waals surface area contributed by atoms with Gasteiger partial charge in [-0.15, -0.1) is 0 Å². The first-order chi connectivity index (χ1) is 13.7. The molecule has 4 rings (SSSR count). The second-order valence-electron chi connectivity index (χ2n) is 6.16. The van der Waals surface area contributed by atoms with Gasteiger partial charge in [0.1, 0.15) is 17.9 Å². The number of nitrogens with one attached hydrogen (secondary N) is 2. The van der Waals surface area contributed by atoms with Crippen molar-refractivity contribution in [3.63, 3.8) is 0 Å². The molecule has 2 N–H and O–H groups in total. The van der Waals surface area contributed by atoms with Crippen molar-refractivity contribution in [3.05, 3.63) is 67.5 Å². The van der Waals surface area contributed by atoms with Gasteiger partial charge in [-0.2, -0.15) is 5.10 Å². The van der Waals surface area contributed by atoms with Crippen LogP contribution in [0.1, 0.15) is 12.6 Å². The van der Waals surface area contributed by atoms with Gasteiger partial charge in [0, 0.05) is 5.56 Å². The Hall–Kier alpha value is -3.87. The van der Waals surface area contributed by atoms with E-state index in [0.29, 0.717) is 17.2 Å². The highest BCUT2D eigenvalue weighted by Crippen LogP contribution is 2.35. The van der Waals surface area contributed by atoms with Crippen molar-refractivity contribution < 1.29 is 9.15 Å². The number of allylic oxidation sites excluding steroid dienone is 3. The highest BCUT2D eigenvalue weighted by molar-refractivity contribution is 5.97. The molecule has 0 aliphatic rings. The van der Waals surface area contributed by atoms with E-state index in [1.165, 1.54) is 6.33 Å². The topological polar surface area (TPSA) is 88.9 Å². The number of ether oxygens (including phenoxy) is 1. The Morgan fingerprint density at radius 3 is 2.89 bits per heavy atom. The maximum absolute atomic E-state index is 5.52. The Bertz CT molecular complexity index is 1160. The smallest absolute Gasteiger partial charge is 0.186 e. The standard InChI is InChI=1S/C21H19N5O2/c1-4-5-13(2)19-18-20(22-12-23-21(18)26-25-19)24-16-10-14(6-7-17(16)27-3)15-8-9-28-11-15/h4-12H,1H2,2-3H3,(H2,22,23,24,25,26)/b13-5+. The van der Waals surface area contributed by atoms with Crippen LogP contribution in [0, 0.1) is 0 Å². The molecule has 0 aliphatic carbocycles. The Balaban J connectivity index is 1.82. The van der Waals surface area contributed by atoms with E-state index in [1.807, 2.05) is 37.3 Å². The van der Waals surface area contributed by atoms with Crippen LogP contribution in [-0.4, -0.2) is 27.3 Å². The molecule has 0 aliphatic heterocycles. The van der Waals surface area contributed by atoms with Crippen LogP contribution in [0.3, 0.4) is 0 Å². The SMILES string of the molecule is C=C/C=C(\C)c1[nH]nc2ncnc(Nc3cc(-c4ccoc4)ccc3OC)c12. The summed E-state index contributed by atoms with van der Waals surface area (Å²) in [7, 11) is 1.63. The van der Waals surface area contributed by atoms with Gasteiger partial charge in [0.05, 0.1) is 36.4 Å². The summed E-state index contributed by atoms with van der Waals surface area (Å²) in [5.74, 6) is 1.33. The third-order valence-electron chi connectivity index (χ3n) is 4.42. The van der Waals surface area contributed by atoms with Crippen molar-refractivity contribution in [1.29, 1.82) is 0 Å².